The minimum Gasteiger partial charge on any atom is -0.353 e. The van der Waals surface area contributed by atoms with Crippen molar-refractivity contribution in [3.05, 3.63) is 0 Å². The van der Waals surface area contributed by atoms with Crippen molar-refractivity contribution < 1.29 is 4.79 Å². The molecule has 1 rings (SSSR count). The third kappa shape index (κ3) is 5.64. The van der Waals surface area contributed by atoms with Gasteiger partial charge >= 0.3 is 0 Å². The molecule has 0 aromatic rings. The van der Waals surface area contributed by atoms with Gasteiger partial charge in [0.25, 0.3) is 0 Å². The minimum absolute atomic E-state index is 0.242. The quantitative estimate of drug-likeness (QED) is 0.826. The van der Waals surface area contributed by atoms with Crippen LogP contribution in [0.3, 0.4) is 0 Å². The molecular weight excluding hydrogens is 242 g/mol. The van der Waals surface area contributed by atoms with Gasteiger partial charge in [0.05, 0.1) is 0 Å². The lowest BCUT2D eigenvalue weighted by molar-refractivity contribution is -0.123. The Balaban J connectivity index is 2.39. The molecule has 2 nitrogen and oxygen atoms in total. The summed E-state index contributed by atoms with van der Waals surface area (Å²) in [5.74, 6) is 2.57. The minimum atomic E-state index is 0.242. The number of hydrogen-bond acceptors (Lipinski definition) is 2. The van der Waals surface area contributed by atoms with E-state index >= 15 is 0 Å². The predicted molar refractivity (Wildman–Crippen MR) is 80.9 cm³/mol. The van der Waals surface area contributed by atoms with Crippen LogP contribution in [0.2, 0.25) is 0 Å². The zero-order valence-electron chi connectivity index (χ0n) is 12.6. The van der Waals surface area contributed by atoms with Crippen molar-refractivity contribution in [2.45, 2.75) is 59.4 Å². The van der Waals surface area contributed by atoms with Gasteiger partial charge < -0.3 is 5.32 Å². The summed E-state index contributed by atoms with van der Waals surface area (Å²) < 4.78 is 0. The van der Waals surface area contributed by atoms with Gasteiger partial charge in [-0.1, -0.05) is 20.8 Å². The van der Waals surface area contributed by atoms with E-state index in [-0.39, 0.29) is 5.91 Å². The Labute approximate surface area is 117 Å². The first kappa shape index (κ1) is 15.9. The first-order chi connectivity index (χ1) is 8.32. The fourth-order valence-corrected chi connectivity index (χ4v) is 4.17. The van der Waals surface area contributed by atoms with Gasteiger partial charge in [0, 0.05) is 18.2 Å². The van der Waals surface area contributed by atoms with Gasteiger partial charge in [-0.3, -0.25) is 4.79 Å². The van der Waals surface area contributed by atoms with E-state index in [1.165, 1.54) is 19.3 Å². The molecule has 0 spiro atoms. The van der Waals surface area contributed by atoms with Gasteiger partial charge in [-0.2, -0.15) is 11.8 Å². The number of rotatable bonds is 5. The summed E-state index contributed by atoms with van der Waals surface area (Å²) in [4.78, 5) is 12.0. The molecule has 0 aromatic heterocycles. The molecule has 0 aliphatic heterocycles. The lowest BCUT2D eigenvalue weighted by atomic mass is 9.67. The van der Waals surface area contributed by atoms with E-state index in [0.29, 0.717) is 23.8 Å². The van der Waals surface area contributed by atoms with E-state index in [2.05, 4.69) is 39.3 Å². The highest BCUT2D eigenvalue weighted by atomic mass is 32.2. The van der Waals surface area contributed by atoms with Crippen LogP contribution in [0.1, 0.15) is 53.4 Å². The second-order valence-corrected chi connectivity index (χ2v) is 7.82. The largest absolute Gasteiger partial charge is 0.353 e. The molecule has 0 heterocycles. The zero-order chi connectivity index (χ0) is 13.8. The maximum absolute atomic E-state index is 12.0. The van der Waals surface area contributed by atoms with Gasteiger partial charge in [0.1, 0.15) is 0 Å². The van der Waals surface area contributed by atoms with Crippen LogP contribution in [0, 0.1) is 17.3 Å². The molecule has 0 radical (unpaired) electrons. The van der Waals surface area contributed by atoms with Crippen LogP contribution in [0.15, 0.2) is 0 Å². The highest BCUT2D eigenvalue weighted by Gasteiger charge is 2.32. The third-order valence-electron chi connectivity index (χ3n) is 3.78. The Morgan fingerprint density at radius 3 is 2.67 bits per heavy atom. The molecule has 0 saturated heterocycles. The summed E-state index contributed by atoms with van der Waals surface area (Å²) in [6.45, 7) is 9.08. The van der Waals surface area contributed by atoms with Crippen molar-refractivity contribution in [2.75, 3.05) is 12.0 Å². The molecule has 0 aromatic carbocycles. The van der Waals surface area contributed by atoms with Crippen molar-refractivity contribution in [1.82, 2.24) is 5.32 Å². The van der Waals surface area contributed by atoms with E-state index < -0.39 is 0 Å². The van der Waals surface area contributed by atoms with Gasteiger partial charge in [-0.15, -0.1) is 0 Å². The molecule has 1 aliphatic carbocycles. The molecule has 0 unspecified atom stereocenters. The Morgan fingerprint density at radius 1 is 1.44 bits per heavy atom. The summed E-state index contributed by atoms with van der Waals surface area (Å²) in [6.07, 6.45) is 6.50. The van der Waals surface area contributed by atoms with E-state index in [4.69, 9.17) is 0 Å². The second kappa shape index (κ2) is 6.83. The number of amides is 1. The number of carbonyl (C=O) groups is 1. The summed E-state index contributed by atoms with van der Waals surface area (Å²) in [5.41, 5.74) is 0.410. The molecule has 1 N–H and O–H groups in total. The fourth-order valence-electron chi connectivity index (χ4n) is 3.59. The summed E-state index contributed by atoms with van der Waals surface area (Å²) in [6, 6.07) is 0.293. The Bertz CT molecular complexity index is 278. The van der Waals surface area contributed by atoms with Crippen molar-refractivity contribution in [3.8, 4) is 0 Å². The van der Waals surface area contributed by atoms with Gasteiger partial charge in [0.2, 0.25) is 5.91 Å². The van der Waals surface area contributed by atoms with Crippen molar-refractivity contribution in [3.63, 3.8) is 0 Å². The number of nitrogens with one attached hydrogen (secondary N) is 1. The van der Waals surface area contributed by atoms with Gasteiger partial charge in [-0.05, 0) is 49.7 Å². The van der Waals surface area contributed by atoms with E-state index in [1.54, 1.807) is 11.8 Å². The van der Waals surface area contributed by atoms with Crippen LogP contribution in [-0.4, -0.2) is 24.0 Å². The highest BCUT2D eigenvalue weighted by Crippen LogP contribution is 2.42. The average Bonchev–Trinajstić information content (AvgIpc) is 2.12. The van der Waals surface area contributed by atoms with Crippen LogP contribution >= 0.6 is 11.8 Å². The standard InChI is InChI=1S/C15H29NOS/c1-11-6-13(9-15(3,4)8-11)7-14(17)16-12(2)10-18-5/h11-13H,6-10H2,1-5H3,(H,16,17)/t11-,12+,13-/m1/s1. The zero-order valence-corrected chi connectivity index (χ0v) is 13.4. The smallest absolute Gasteiger partial charge is 0.220 e. The first-order valence-electron chi connectivity index (χ1n) is 7.10. The van der Waals surface area contributed by atoms with Gasteiger partial charge in [0.15, 0.2) is 0 Å². The van der Waals surface area contributed by atoms with Crippen LogP contribution < -0.4 is 5.32 Å². The SMILES string of the molecule is CSC[C@H](C)NC(=O)C[C@H]1C[C@@H](C)CC(C)(C)C1. The van der Waals surface area contributed by atoms with Crippen molar-refractivity contribution in [1.29, 1.82) is 0 Å². The molecule has 3 atom stereocenters. The predicted octanol–water partition coefficient (Wildman–Crippen LogP) is 3.71. The molecule has 1 saturated carbocycles. The lowest BCUT2D eigenvalue weighted by Crippen LogP contribution is -2.37. The number of thioether (sulfide) groups is 1. The second-order valence-electron chi connectivity index (χ2n) is 6.91. The van der Waals surface area contributed by atoms with Crippen LogP contribution in [0.4, 0.5) is 0 Å². The summed E-state index contributed by atoms with van der Waals surface area (Å²) >= 11 is 1.78. The molecule has 1 fully saturated rings. The lowest BCUT2D eigenvalue weighted by Gasteiger charge is -2.38. The van der Waals surface area contributed by atoms with Crippen molar-refractivity contribution in [2.24, 2.45) is 17.3 Å². The van der Waals surface area contributed by atoms with E-state index in [1.807, 2.05) is 0 Å². The van der Waals surface area contributed by atoms with E-state index in [9.17, 15) is 4.79 Å². The van der Waals surface area contributed by atoms with Crippen LogP contribution in [0.25, 0.3) is 0 Å². The topological polar surface area (TPSA) is 29.1 Å². The Hall–Kier alpha value is -0.180. The maximum Gasteiger partial charge on any atom is 0.220 e. The third-order valence-corrected chi connectivity index (χ3v) is 4.61. The molecule has 106 valence electrons. The fraction of sp³-hybridized carbons (Fsp3) is 0.933. The molecule has 1 amide bonds. The normalized spacial score (nSPS) is 28.7. The Kier molecular flexibility index (Phi) is 6.03. The number of carbonyl (C=O) groups excluding carboxylic acids is 1. The number of hydrogen-bond donors (Lipinski definition) is 1. The molecule has 1 aliphatic rings. The summed E-state index contributed by atoms with van der Waals surface area (Å²) in [5, 5.41) is 3.11. The monoisotopic (exact) mass is 271 g/mol. The molecule has 18 heavy (non-hydrogen) atoms. The first-order valence-corrected chi connectivity index (χ1v) is 8.50. The Morgan fingerprint density at radius 2 is 2.11 bits per heavy atom. The maximum atomic E-state index is 12.0. The molecule has 0 bridgehead atoms. The van der Waals surface area contributed by atoms with Crippen LogP contribution in [0.5, 0.6) is 0 Å². The molecular formula is C15H29NOS. The van der Waals surface area contributed by atoms with E-state index in [0.717, 1.165) is 11.7 Å². The van der Waals surface area contributed by atoms with Gasteiger partial charge in [-0.25, -0.2) is 0 Å². The van der Waals surface area contributed by atoms with Crippen molar-refractivity contribution >= 4 is 17.7 Å². The average molecular weight is 271 g/mol. The molecule has 3 heteroatoms. The summed E-state index contributed by atoms with van der Waals surface area (Å²) in [7, 11) is 0. The van der Waals surface area contributed by atoms with Crippen LogP contribution in [-0.2, 0) is 4.79 Å². The highest BCUT2D eigenvalue weighted by molar-refractivity contribution is 7.98.